The zero-order valence-corrected chi connectivity index (χ0v) is 10.6. The number of amides is 1. The van der Waals surface area contributed by atoms with Crippen molar-refractivity contribution in [1.29, 1.82) is 0 Å². The minimum absolute atomic E-state index is 0.0281. The number of carboxylic acids is 1. The van der Waals surface area contributed by atoms with Crippen molar-refractivity contribution in [3.8, 4) is 0 Å². The van der Waals surface area contributed by atoms with Gasteiger partial charge in [0.2, 0.25) is 0 Å². The second-order valence-corrected chi connectivity index (χ2v) is 4.92. The summed E-state index contributed by atoms with van der Waals surface area (Å²) in [5.41, 5.74) is -0.0858. The second kappa shape index (κ2) is 4.52. The van der Waals surface area contributed by atoms with Gasteiger partial charge in [0.1, 0.15) is 17.2 Å². The Balaban J connectivity index is 1.83. The van der Waals surface area contributed by atoms with Crippen molar-refractivity contribution in [3.63, 3.8) is 0 Å². The number of hydrogen-bond donors (Lipinski definition) is 4. The van der Waals surface area contributed by atoms with Crippen LogP contribution in [0, 0.1) is 0 Å². The number of carbonyl (C=O) groups excluding carboxylic acids is 1. The van der Waals surface area contributed by atoms with Gasteiger partial charge in [-0.25, -0.2) is 9.78 Å². The predicted molar refractivity (Wildman–Crippen MR) is 69.3 cm³/mol. The summed E-state index contributed by atoms with van der Waals surface area (Å²) in [7, 11) is 0. The monoisotopic (exact) mass is 274 g/mol. The summed E-state index contributed by atoms with van der Waals surface area (Å²) in [6.45, 7) is 0. The van der Waals surface area contributed by atoms with Crippen LogP contribution >= 0.6 is 0 Å². The molecule has 4 N–H and O–H groups in total. The third-order valence-corrected chi connectivity index (χ3v) is 3.66. The van der Waals surface area contributed by atoms with Gasteiger partial charge in [0.05, 0.1) is 11.7 Å². The Bertz CT molecular complexity index is 640. The Morgan fingerprint density at radius 1 is 1.35 bits per heavy atom. The number of rotatable bonds is 4. The molecular formula is C13H14N4O3. The van der Waals surface area contributed by atoms with Crippen molar-refractivity contribution in [2.24, 2.45) is 0 Å². The smallest absolute Gasteiger partial charge is 0.353 e. The fourth-order valence-corrected chi connectivity index (χ4v) is 2.38. The molecule has 2 aromatic heterocycles. The average molecular weight is 274 g/mol. The number of aromatic carboxylic acids is 1. The van der Waals surface area contributed by atoms with Gasteiger partial charge in [0.15, 0.2) is 0 Å². The first-order valence-electron chi connectivity index (χ1n) is 6.35. The highest BCUT2D eigenvalue weighted by molar-refractivity contribution is 5.93. The van der Waals surface area contributed by atoms with Crippen molar-refractivity contribution < 1.29 is 14.7 Å². The van der Waals surface area contributed by atoms with Crippen molar-refractivity contribution in [1.82, 2.24) is 20.3 Å². The lowest BCUT2D eigenvalue weighted by molar-refractivity contribution is 0.0690. The van der Waals surface area contributed by atoms with E-state index in [1.807, 2.05) is 0 Å². The number of H-pyrrole nitrogens is 2. The molecule has 1 aliphatic carbocycles. The molecule has 7 nitrogen and oxygen atoms in total. The number of imidazole rings is 1. The SMILES string of the molecule is O=C(O)c1cnc(C2(NC(=O)c3ccc[nH]3)CCC2)[nH]1. The summed E-state index contributed by atoms with van der Waals surface area (Å²) in [5, 5.41) is 11.9. The molecule has 1 amide bonds. The highest BCUT2D eigenvalue weighted by atomic mass is 16.4. The predicted octanol–water partition coefficient (Wildman–Crippen LogP) is 1.25. The first-order valence-corrected chi connectivity index (χ1v) is 6.35. The highest BCUT2D eigenvalue weighted by Crippen LogP contribution is 2.39. The van der Waals surface area contributed by atoms with Crippen LogP contribution in [-0.2, 0) is 5.54 Å². The summed E-state index contributed by atoms with van der Waals surface area (Å²) in [6.07, 6.45) is 5.41. The number of carboxylic acid groups (broad SMARTS) is 1. The topological polar surface area (TPSA) is 111 Å². The molecule has 0 unspecified atom stereocenters. The fourth-order valence-electron chi connectivity index (χ4n) is 2.38. The number of nitrogens with zero attached hydrogens (tertiary/aromatic N) is 1. The highest BCUT2D eigenvalue weighted by Gasteiger charge is 2.43. The Morgan fingerprint density at radius 3 is 2.65 bits per heavy atom. The van der Waals surface area contributed by atoms with Crippen LogP contribution in [0.2, 0.25) is 0 Å². The lowest BCUT2D eigenvalue weighted by Crippen LogP contribution is -2.51. The molecular weight excluding hydrogens is 260 g/mol. The maximum absolute atomic E-state index is 12.1. The third-order valence-electron chi connectivity index (χ3n) is 3.66. The zero-order valence-electron chi connectivity index (χ0n) is 10.6. The lowest BCUT2D eigenvalue weighted by Gasteiger charge is -2.40. The standard InChI is InChI=1S/C13H14N4O3/c18-10(8-3-1-6-14-8)17-13(4-2-5-13)12-15-7-9(16-12)11(19)20/h1,3,6-7,14H,2,4-5H2,(H,15,16)(H,17,18)(H,19,20). The summed E-state index contributed by atoms with van der Waals surface area (Å²) in [5.74, 6) is -0.780. The van der Waals surface area contributed by atoms with Crippen LogP contribution in [0.4, 0.5) is 0 Å². The van der Waals surface area contributed by atoms with E-state index < -0.39 is 11.5 Å². The number of carbonyl (C=O) groups is 2. The second-order valence-electron chi connectivity index (χ2n) is 4.92. The largest absolute Gasteiger partial charge is 0.477 e. The number of hydrogen-bond acceptors (Lipinski definition) is 3. The molecule has 2 aromatic rings. The van der Waals surface area contributed by atoms with Gasteiger partial charge in [-0.2, -0.15) is 0 Å². The molecule has 20 heavy (non-hydrogen) atoms. The molecule has 104 valence electrons. The maximum atomic E-state index is 12.1. The van der Waals surface area contributed by atoms with Crippen LogP contribution < -0.4 is 5.32 Å². The van der Waals surface area contributed by atoms with Gasteiger partial charge < -0.3 is 20.4 Å². The van der Waals surface area contributed by atoms with E-state index in [1.165, 1.54) is 6.20 Å². The average Bonchev–Trinajstić information content (AvgIpc) is 3.03. The third kappa shape index (κ3) is 1.97. The molecule has 7 heteroatoms. The van der Waals surface area contributed by atoms with E-state index in [0.717, 1.165) is 19.3 Å². The Kier molecular flexibility index (Phi) is 2.81. The van der Waals surface area contributed by atoms with E-state index in [0.29, 0.717) is 11.5 Å². The Labute approximate surface area is 114 Å². The summed E-state index contributed by atoms with van der Waals surface area (Å²) in [6, 6.07) is 3.43. The van der Waals surface area contributed by atoms with E-state index in [9.17, 15) is 9.59 Å². The molecule has 0 bridgehead atoms. The van der Waals surface area contributed by atoms with Gasteiger partial charge in [0, 0.05) is 6.20 Å². The van der Waals surface area contributed by atoms with E-state index in [2.05, 4.69) is 20.3 Å². The minimum Gasteiger partial charge on any atom is -0.477 e. The normalized spacial score (nSPS) is 16.4. The Hall–Kier alpha value is -2.57. The molecule has 0 spiro atoms. The summed E-state index contributed by atoms with van der Waals surface area (Å²) >= 11 is 0. The molecule has 2 heterocycles. The Morgan fingerprint density at radius 2 is 2.15 bits per heavy atom. The van der Waals surface area contributed by atoms with Gasteiger partial charge >= 0.3 is 5.97 Å². The van der Waals surface area contributed by atoms with E-state index in [1.54, 1.807) is 18.3 Å². The molecule has 0 saturated heterocycles. The zero-order chi connectivity index (χ0) is 14.2. The van der Waals surface area contributed by atoms with Crippen LogP contribution in [0.5, 0.6) is 0 Å². The maximum Gasteiger partial charge on any atom is 0.353 e. The van der Waals surface area contributed by atoms with Gasteiger partial charge in [-0.1, -0.05) is 0 Å². The summed E-state index contributed by atoms with van der Waals surface area (Å²) in [4.78, 5) is 32.7. The number of aromatic nitrogens is 3. The molecule has 0 aromatic carbocycles. The van der Waals surface area contributed by atoms with Gasteiger partial charge in [-0.05, 0) is 31.4 Å². The molecule has 0 atom stereocenters. The van der Waals surface area contributed by atoms with Crippen LogP contribution in [0.1, 0.15) is 46.1 Å². The summed E-state index contributed by atoms with van der Waals surface area (Å²) < 4.78 is 0. The lowest BCUT2D eigenvalue weighted by atomic mass is 9.76. The van der Waals surface area contributed by atoms with Crippen LogP contribution in [0.3, 0.4) is 0 Å². The van der Waals surface area contributed by atoms with Crippen LogP contribution in [0.25, 0.3) is 0 Å². The van der Waals surface area contributed by atoms with Crippen molar-refractivity contribution in [2.45, 2.75) is 24.8 Å². The first-order chi connectivity index (χ1) is 9.61. The van der Waals surface area contributed by atoms with E-state index in [4.69, 9.17) is 5.11 Å². The molecule has 1 fully saturated rings. The molecule has 0 aliphatic heterocycles. The van der Waals surface area contributed by atoms with Gasteiger partial charge in [-0.15, -0.1) is 0 Å². The molecule has 0 radical (unpaired) electrons. The fraction of sp³-hybridized carbons (Fsp3) is 0.308. The molecule has 1 aliphatic rings. The molecule has 3 rings (SSSR count). The van der Waals surface area contributed by atoms with Crippen LogP contribution in [-0.4, -0.2) is 31.9 Å². The quantitative estimate of drug-likeness (QED) is 0.672. The van der Waals surface area contributed by atoms with Crippen molar-refractivity contribution >= 4 is 11.9 Å². The first kappa shape index (κ1) is 12.5. The van der Waals surface area contributed by atoms with Crippen molar-refractivity contribution in [2.75, 3.05) is 0 Å². The van der Waals surface area contributed by atoms with Gasteiger partial charge in [-0.3, -0.25) is 4.79 Å². The number of nitrogens with one attached hydrogen (secondary N) is 3. The number of aromatic amines is 2. The minimum atomic E-state index is -1.06. The van der Waals surface area contributed by atoms with E-state index >= 15 is 0 Å². The van der Waals surface area contributed by atoms with E-state index in [-0.39, 0.29) is 11.6 Å². The van der Waals surface area contributed by atoms with Crippen molar-refractivity contribution in [3.05, 3.63) is 41.7 Å². The van der Waals surface area contributed by atoms with Gasteiger partial charge in [0.25, 0.3) is 5.91 Å². The molecule has 1 saturated carbocycles. The van der Waals surface area contributed by atoms with Crippen LogP contribution in [0.15, 0.2) is 24.5 Å².